The van der Waals surface area contributed by atoms with Gasteiger partial charge in [-0.25, -0.2) is 0 Å². The van der Waals surface area contributed by atoms with Crippen LogP contribution >= 0.6 is 0 Å². The summed E-state index contributed by atoms with van der Waals surface area (Å²) >= 11 is 0. The molecule has 0 aromatic rings. The Balaban J connectivity index is 0.000000431. The van der Waals surface area contributed by atoms with E-state index in [9.17, 15) is 4.79 Å². The Kier molecular flexibility index (Phi) is 19.2. The Morgan fingerprint density at radius 2 is 1.61 bits per heavy atom. The highest BCUT2D eigenvalue weighted by molar-refractivity contribution is 5.69. The van der Waals surface area contributed by atoms with Crippen molar-refractivity contribution in [3.8, 4) is 0 Å². The number of hydrogen-bond acceptors (Lipinski definition) is 5. The Labute approximate surface area is 173 Å². The van der Waals surface area contributed by atoms with Crippen LogP contribution in [0.2, 0.25) is 0 Å². The van der Waals surface area contributed by atoms with Gasteiger partial charge in [-0.2, -0.15) is 0 Å². The molecule has 168 valence electrons. The SMILES string of the molecule is CCCCCCCCC(=O)OC(C)C.OC1CCCCO1.OCC1CCCC1. The first-order valence-electron chi connectivity index (χ1n) is 11.6. The van der Waals surface area contributed by atoms with E-state index in [1.165, 1.54) is 51.4 Å². The molecule has 2 N–H and O–H groups in total. The average Bonchev–Trinajstić information content (AvgIpc) is 3.20. The molecule has 0 amide bonds. The molecule has 1 aliphatic heterocycles. The second-order valence-electron chi connectivity index (χ2n) is 8.21. The molecule has 2 rings (SSSR count). The summed E-state index contributed by atoms with van der Waals surface area (Å²) in [6.45, 7) is 7.14. The van der Waals surface area contributed by atoms with E-state index in [0.29, 0.717) is 18.9 Å². The molecule has 5 nitrogen and oxygen atoms in total. The van der Waals surface area contributed by atoms with Crippen molar-refractivity contribution in [3.63, 3.8) is 0 Å². The summed E-state index contributed by atoms with van der Waals surface area (Å²) in [5.74, 6) is 0.607. The van der Waals surface area contributed by atoms with Crippen LogP contribution < -0.4 is 0 Å². The summed E-state index contributed by atoms with van der Waals surface area (Å²) < 4.78 is 9.87. The van der Waals surface area contributed by atoms with Crippen LogP contribution in [0, 0.1) is 5.92 Å². The van der Waals surface area contributed by atoms with Crippen LogP contribution in [0.15, 0.2) is 0 Å². The van der Waals surface area contributed by atoms with Crippen molar-refractivity contribution in [2.75, 3.05) is 13.2 Å². The highest BCUT2D eigenvalue weighted by atomic mass is 16.6. The monoisotopic (exact) mass is 402 g/mol. The van der Waals surface area contributed by atoms with Crippen LogP contribution in [-0.4, -0.2) is 41.8 Å². The van der Waals surface area contributed by atoms with Crippen molar-refractivity contribution in [3.05, 3.63) is 0 Å². The molecular formula is C23H46O5. The molecule has 0 radical (unpaired) electrons. The van der Waals surface area contributed by atoms with Gasteiger partial charge in [-0.1, -0.05) is 51.9 Å². The summed E-state index contributed by atoms with van der Waals surface area (Å²) in [7, 11) is 0. The minimum absolute atomic E-state index is 0.0302. The highest BCUT2D eigenvalue weighted by Gasteiger charge is 2.12. The molecular weight excluding hydrogens is 356 g/mol. The quantitative estimate of drug-likeness (QED) is 0.401. The zero-order valence-corrected chi connectivity index (χ0v) is 18.7. The molecule has 0 bridgehead atoms. The Morgan fingerprint density at radius 1 is 1.00 bits per heavy atom. The molecule has 1 heterocycles. The second kappa shape index (κ2) is 19.7. The number of rotatable bonds is 9. The Hall–Kier alpha value is -0.650. The first kappa shape index (κ1) is 27.4. The molecule has 28 heavy (non-hydrogen) atoms. The van der Waals surface area contributed by atoms with Gasteiger partial charge >= 0.3 is 5.97 Å². The normalized spacial score (nSPS) is 19.4. The lowest BCUT2D eigenvalue weighted by atomic mass is 10.1. The summed E-state index contributed by atoms with van der Waals surface area (Å²) in [5.41, 5.74) is 0. The van der Waals surface area contributed by atoms with E-state index in [-0.39, 0.29) is 12.1 Å². The third kappa shape index (κ3) is 18.7. The van der Waals surface area contributed by atoms with Gasteiger partial charge in [-0.15, -0.1) is 0 Å². The van der Waals surface area contributed by atoms with E-state index in [0.717, 1.165) is 38.7 Å². The first-order chi connectivity index (χ1) is 13.5. The van der Waals surface area contributed by atoms with Gasteiger partial charge in [0.15, 0.2) is 6.29 Å². The Bertz CT molecular complexity index is 334. The number of carbonyl (C=O) groups excluding carboxylic acids is 1. The van der Waals surface area contributed by atoms with E-state index in [2.05, 4.69) is 6.92 Å². The maximum absolute atomic E-state index is 11.1. The molecule has 2 fully saturated rings. The topological polar surface area (TPSA) is 76.0 Å². The second-order valence-corrected chi connectivity index (χ2v) is 8.21. The van der Waals surface area contributed by atoms with Crippen LogP contribution in [0.5, 0.6) is 0 Å². The van der Waals surface area contributed by atoms with E-state index in [1.807, 2.05) is 13.8 Å². The minimum Gasteiger partial charge on any atom is -0.463 e. The zero-order valence-electron chi connectivity index (χ0n) is 18.7. The maximum Gasteiger partial charge on any atom is 0.306 e. The number of aliphatic hydroxyl groups excluding tert-OH is 2. The first-order valence-corrected chi connectivity index (χ1v) is 11.6. The van der Waals surface area contributed by atoms with Crippen molar-refractivity contribution in [1.29, 1.82) is 0 Å². The lowest BCUT2D eigenvalue weighted by Crippen LogP contribution is -2.17. The highest BCUT2D eigenvalue weighted by Crippen LogP contribution is 2.23. The number of unbranched alkanes of at least 4 members (excludes halogenated alkanes) is 5. The van der Waals surface area contributed by atoms with Gasteiger partial charge in [-0.05, 0) is 58.3 Å². The molecule has 0 spiro atoms. The zero-order chi connectivity index (χ0) is 21.0. The van der Waals surface area contributed by atoms with Gasteiger partial charge in [-0.3, -0.25) is 4.79 Å². The van der Waals surface area contributed by atoms with Crippen LogP contribution in [-0.2, 0) is 14.3 Å². The van der Waals surface area contributed by atoms with Crippen LogP contribution in [0.25, 0.3) is 0 Å². The van der Waals surface area contributed by atoms with Gasteiger partial charge in [0.05, 0.1) is 6.10 Å². The predicted octanol–water partition coefficient (Wildman–Crippen LogP) is 5.36. The third-order valence-corrected chi connectivity index (χ3v) is 4.99. The van der Waals surface area contributed by atoms with Crippen LogP contribution in [0.3, 0.4) is 0 Å². The predicted molar refractivity (Wildman–Crippen MR) is 114 cm³/mol. The number of aliphatic hydroxyl groups is 2. The average molecular weight is 403 g/mol. The molecule has 1 saturated heterocycles. The summed E-state index contributed by atoms with van der Waals surface area (Å²) in [6.07, 6.45) is 15.7. The van der Waals surface area contributed by atoms with Crippen molar-refractivity contribution < 1.29 is 24.5 Å². The van der Waals surface area contributed by atoms with Gasteiger partial charge < -0.3 is 19.7 Å². The molecule has 5 heteroatoms. The smallest absolute Gasteiger partial charge is 0.306 e. The molecule has 1 aliphatic carbocycles. The van der Waals surface area contributed by atoms with Gasteiger partial charge in [0.25, 0.3) is 0 Å². The van der Waals surface area contributed by atoms with Gasteiger partial charge in [0.2, 0.25) is 0 Å². The standard InChI is InChI=1S/C12H24O2.C6H12O.C5H10O2/c1-4-5-6-7-8-9-10-12(13)14-11(2)3;7-5-6-3-1-2-4-6;6-5-3-1-2-4-7-5/h11H,4-10H2,1-3H3;6-7H,1-5H2;5-6H,1-4H2. The Morgan fingerprint density at radius 3 is 2.04 bits per heavy atom. The largest absolute Gasteiger partial charge is 0.463 e. The molecule has 0 aromatic carbocycles. The molecule has 1 saturated carbocycles. The molecule has 1 unspecified atom stereocenters. The van der Waals surface area contributed by atoms with Crippen molar-refractivity contribution >= 4 is 5.97 Å². The summed E-state index contributed by atoms with van der Waals surface area (Å²) in [5, 5.41) is 17.3. The third-order valence-electron chi connectivity index (χ3n) is 4.99. The summed E-state index contributed by atoms with van der Waals surface area (Å²) in [6, 6.07) is 0. The maximum atomic E-state index is 11.1. The summed E-state index contributed by atoms with van der Waals surface area (Å²) in [4.78, 5) is 11.1. The fourth-order valence-electron chi connectivity index (χ4n) is 3.29. The lowest BCUT2D eigenvalue weighted by molar-refractivity contribution is -0.147. The van der Waals surface area contributed by atoms with E-state index in [1.54, 1.807) is 0 Å². The number of carbonyl (C=O) groups is 1. The molecule has 2 aliphatic rings. The molecule has 1 atom stereocenters. The fraction of sp³-hybridized carbons (Fsp3) is 0.957. The minimum atomic E-state index is -0.464. The van der Waals surface area contributed by atoms with Crippen LogP contribution in [0.1, 0.15) is 111 Å². The van der Waals surface area contributed by atoms with Crippen LogP contribution in [0.4, 0.5) is 0 Å². The lowest BCUT2D eigenvalue weighted by Gasteiger charge is -2.16. The van der Waals surface area contributed by atoms with Crippen molar-refractivity contribution in [2.45, 2.75) is 123 Å². The number of ether oxygens (including phenoxy) is 2. The van der Waals surface area contributed by atoms with E-state index >= 15 is 0 Å². The van der Waals surface area contributed by atoms with Gasteiger partial charge in [0.1, 0.15) is 0 Å². The van der Waals surface area contributed by atoms with E-state index in [4.69, 9.17) is 19.7 Å². The van der Waals surface area contributed by atoms with E-state index < -0.39 is 6.29 Å². The fourth-order valence-corrected chi connectivity index (χ4v) is 3.29. The van der Waals surface area contributed by atoms with Crippen molar-refractivity contribution in [2.24, 2.45) is 5.92 Å². The molecule has 0 aromatic heterocycles. The van der Waals surface area contributed by atoms with Gasteiger partial charge in [0, 0.05) is 19.6 Å². The van der Waals surface area contributed by atoms with Crippen molar-refractivity contribution in [1.82, 2.24) is 0 Å². The number of esters is 1. The number of hydrogen-bond donors (Lipinski definition) is 2.